The molecule has 2 aromatic carbocycles. The first-order valence-corrected chi connectivity index (χ1v) is 12.8. The summed E-state index contributed by atoms with van der Waals surface area (Å²) in [5.41, 5.74) is 3.74. The number of hydrogen-bond donors (Lipinski definition) is 0. The number of aryl methyl sites for hydroxylation is 1. The van der Waals surface area contributed by atoms with E-state index in [9.17, 15) is 14.4 Å². The zero-order chi connectivity index (χ0) is 22.9. The van der Waals surface area contributed by atoms with Crippen molar-refractivity contribution in [2.45, 2.75) is 39.3 Å². The molecule has 3 heterocycles. The van der Waals surface area contributed by atoms with Gasteiger partial charge >= 0.3 is 0 Å². The van der Waals surface area contributed by atoms with Crippen molar-refractivity contribution in [2.75, 3.05) is 4.90 Å². The Labute approximate surface area is 198 Å². The third kappa shape index (κ3) is 2.79. The van der Waals surface area contributed by atoms with E-state index < -0.39 is 23.4 Å². The summed E-state index contributed by atoms with van der Waals surface area (Å²) < 4.78 is 0.811. The quantitative estimate of drug-likeness (QED) is 0.265. The Kier molecular flexibility index (Phi) is 4.74. The molecule has 2 aliphatic heterocycles. The van der Waals surface area contributed by atoms with Gasteiger partial charge in [0.1, 0.15) is 9.87 Å². The van der Waals surface area contributed by atoms with Crippen molar-refractivity contribution in [3.8, 4) is 11.1 Å². The van der Waals surface area contributed by atoms with Crippen LogP contribution in [0.1, 0.15) is 51.9 Å². The summed E-state index contributed by atoms with van der Waals surface area (Å²) in [4.78, 5) is 43.8. The largest absolute Gasteiger partial charge is 0.299 e. The van der Waals surface area contributed by atoms with Gasteiger partial charge in [0.15, 0.2) is 0 Å². The van der Waals surface area contributed by atoms with Crippen LogP contribution in [0.2, 0.25) is 0 Å². The molecule has 8 heteroatoms. The molecule has 2 aliphatic rings. The highest BCUT2D eigenvalue weighted by molar-refractivity contribution is 7.80. The van der Waals surface area contributed by atoms with Crippen LogP contribution in [-0.2, 0) is 10.3 Å². The molecule has 0 saturated carbocycles. The van der Waals surface area contributed by atoms with Crippen LogP contribution in [0.15, 0.2) is 42.5 Å². The first-order chi connectivity index (χ1) is 15.1. The minimum Gasteiger partial charge on any atom is -0.299 e. The van der Waals surface area contributed by atoms with Gasteiger partial charge in [-0.25, -0.2) is 0 Å². The van der Waals surface area contributed by atoms with E-state index >= 15 is 0 Å². The summed E-state index contributed by atoms with van der Waals surface area (Å²) in [6.45, 7) is 7.60. The fourth-order valence-electron chi connectivity index (χ4n) is 4.59. The second-order valence-corrected chi connectivity index (χ2v) is 11.4. The predicted octanol–water partition coefficient (Wildman–Crippen LogP) is 5.78. The lowest BCUT2D eigenvalue weighted by atomic mass is 9.86. The molecule has 0 spiro atoms. The summed E-state index contributed by atoms with van der Waals surface area (Å²) in [7, 11) is 3.11. The number of benzene rings is 2. The van der Waals surface area contributed by atoms with Crippen LogP contribution in [0.5, 0.6) is 0 Å². The van der Waals surface area contributed by atoms with E-state index in [0.29, 0.717) is 11.1 Å². The maximum Gasteiger partial charge on any atom is 0.262 e. The molecule has 32 heavy (non-hydrogen) atoms. The normalized spacial score (nSPS) is 17.1. The molecular weight excluding hydrogens is 460 g/mol. The maximum absolute atomic E-state index is 14.0. The highest BCUT2D eigenvalue weighted by Gasteiger charge is 2.48. The topological polar surface area (TPSA) is 57.7 Å². The van der Waals surface area contributed by atoms with E-state index in [1.807, 2.05) is 39.0 Å². The zero-order valence-electron chi connectivity index (χ0n) is 18.0. The average Bonchev–Trinajstić information content (AvgIpc) is 3.27. The molecule has 1 atom stereocenters. The van der Waals surface area contributed by atoms with E-state index in [1.165, 1.54) is 10.3 Å². The predicted molar refractivity (Wildman–Crippen MR) is 130 cm³/mol. The van der Waals surface area contributed by atoms with E-state index in [-0.39, 0.29) is 5.91 Å². The molecule has 162 valence electrons. The molecule has 5 rings (SSSR count). The van der Waals surface area contributed by atoms with Gasteiger partial charge in [-0.2, -0.15) is 0 Å². The van der Waals surface area contributed by atoms with Gasteiger partial charge in [-0.05, 0) is 52.0 Å². The van der Waals surface area contributed by atoms with Crippen molar-refractivity contribution in [3.63, 3.8) is 0 Å². The Bertz CT molecular complexity index is 1350. The van der Waals surface area contributed by atoms with Crippen molar-refractivity contribution in [3.05, 3.63) is 67.9 Å². The second-order valence-electron chi connectivity index (χ2n) is 8.61. The maximum atomic E-state index is 14.0. The van der Waals surface area contributed by atoms with Gasteiger partial charge in [-0.15, -0.1) is 0 Å². The van der Waals surface area contributed by atoms with Crippen LogP contribution in [0.25, 0.3) is 11.1 Å². The minimum atomic E-state index is -0.955. The lowest BCUT2D eigenvalue weighted by Gasteiger charge is -2.44. The third-order valence-electron chi connectivity index (χ3n) is 6.20. The molecule has 1 aromatic heterocycles. The molecule has 0 saturated heterocycles. The zero-order valence-corrected chi connectivity index (χ0v) is 20.4. The molecule has 0 bridgehead atoms. The molecule has 0 unspecified atom stereocenters. The average molecular weight is 481 g/mol. The van der Waals surface area contributed by atoms with Crippen LogP contribution in [-0.4, -0.2) is 28.7 Å². The number of anilines is 1. The summed E-state index contributed by atoms with van der Waals surface area (Å²) in [6, 6.07) is 11.7. The van der Waals surface area contributed by atoms with Gasteiger partial charge in [0, 0.05) is 11.1 Å². The Morgan fingerprint density at radius 3 is 2.25 bits per heavy atom. The van der Waals surface area contributed by atoms with Gasteiger partial charge in [0.2, 0.25) is 0 Å². The fourth-order valence-corrected chi connectivity index (χ4v) is 7.88. The van der Waals surface area contributed by atoms with E-state index in [4.69, 9.17) is 12.2 Å². The van der Waals surface area contributed by atoms with E-state index in [0.717, 1.165) is 36.0 Å². The van der Waals surface area contributed by atoms with Crippen molar-refractivity contribution in [1.29, 1.82) is 0 Å². The van der Waals surface area contributed by atoms with Gasteiger partial charge in [0.25, 0.3) is 17.7 Å². The first-order valence-electron chi connectivity index (χ1n) is 10.2. The number of rotatable bonds is 2. The van der Waals surface area contributed by atoms with Gasteiger partial charge in [-0.3, -0.25) is 24.2 Å². The second kappa shape index (κ2) is 7.16. The number of nitrogens with zero attached hydrogens (tertiary/aromatic N) is 2. The highest BCUT2D eigenvalue weighted by atomic mass is 32.9. The first kappa shape index (κ1) is 21.2. The summed E-state index contributed by atoms with van der Waals surface area (Å²) >= 11 is 5.64. The standard InChI is InChI=1S/C24H20N2O3S3/c1-12-9-10-17-16(11-12)18-19(31-32-23(18)30)24(3,4)26(17)20(27)13(2)25-21(28)14-7-5-6-8-15(14)22(25)29/h5-11,13H,1-4H3/t13-/m0/s1. The highest BCUT2D eigenvalue weighted by Crippen LogP contribution is 2.52. The fraction of sp³-hybridized carbons (Fsp3) is 0.250. The number of imide groups is 1. The summed E-state index contributed by atoms with van der Waals surface area (Å²) in [5, 5.41) is 0. The molecule has 0 aliphatic carbocycles. The molecule has 0 radical (unpaired) electrons. The minimum absolute atomic E-state index is 0.301. The summed E-state index contributed by atoms with van der Waals surface area (Å²) in [6.07, 6.45) is 0. The van der Waals surface area contributed by atoms with Crippen molar-refractivity contribution in [1.82, 2.24) is 4.90 Å². The van der Waals surface area contributed by atoms with E-state index in [1.54, 1.807) is 46.4 Å². The molecule has 0 fully saturated rings. The van der Waals surface area contributed by atoms with Crippen LogP contribution in [0.3, 0.4) is 0 Å². The number of fused-ring (bicyclic) bond motifs is 4. The van der Waals surface area contributed by atoms with Crippen LogP contribution in [0, 0.1) is 10.7 Å². The Morgan fingerprint density at radius 1 is 1.00 bits per heavy atom. The van der Waals surface area contributed by atoms with Gasteiger partial charge in [-0.1, -0.05) is 56.7 Å². The van der Waals surface area contributed by atoms with E-state index in [2.05, 4.69) is 0 Å². The Balaban J connectivity index is 1.62. The monoisotopic (exact) mass is 480 g/mol. The Morgan fingerprint density at radius 2 is 1.62 bits per heavy atom. The smallest absolute Gasteiger partial charge is 0.262 e. The van der Waals surface area contributed by atoms with Gasteiger partial charge < -0.3 is 0 Å². The van der Waals surface area contributed by atoms with Crippen molar-refractivity contribution in [2.24, 2.45) is 0 Å². The van der Waals surface area contributed by atoms with Crippen LogP contribution >= 0.6 is 32.9 Å². The number of amides is 3. The molecular formula is C24H20N2O3S3. The lowest BCUT2D eigenvalue weighted by molar-refractivity contribution is -0.123. The number of carbonyl (C=O) groups excluding carboxylic acids is 3. The molecule has 3 aromatic rings. The SMILES string of the molecule is Cc1ccc2c(c1)-c1c(ssc1=S)C(C)(C)N2C(=O)[C@H](C)N1C(=O)c2ccccc2C1=O. The Hall–Kier alpha value is -2.68. The molecule has 5 nitrogen and oxygen atoms in total. The van der Waals surface area contributed by atoms with Crippen LogP contribution < -0.4 is 4.90 Å². The molecule has 0 N–H and O–H groups in total. The molecule has 3 amide bonds. The van der Waals surface area contributed by atoms with Gasteiger partial charge in [0.05, 0.1) is 27.2 Å². The number of carbonyl (C=O) groups is 3. The van der Waals surface area contributed by atoms with Crippen molar-refractivity contribution >= 4 is 56.3 Å². The number of hydrogen-bond acceptors (Lipinski definition) is 6. The van der Waals surface area contributed by atoms with Crippen molar-refractivity contribution < 1.29 is 14.4 Å². The van der Waals surface area contributed by atoms with Crippen LogP contribution in [0.4, 0.5) is 5.69 Å². The summed E-state index contributed by atoms with van der Waals surface area (Å²) in [5.74, 6) is -1.17. The third-order valence-corrected chi connectivity index (χ3v) is 9.53. The lowest BCUT2D eigenvalue weighted by Crippen LogP contribution is -2.56.